The molecule has 0 fully saturated rings. The molecule has 0 saturated heterocycles. The fourth-order valence-electron chi connectivity index (χ4n) is 2.65. The Morgan fingerprint density at radius 3 is 2.57 bits per heavy atom. The zero-order chi connectivity index (χ0) is 21.7. The van der Waals surface area contributed by atoms with Gasteiger partial charge in [0.25, 0.3) is 0 Å². The molecule has 1 N–H and O–H groups in total. The normalized spacial score (nSPS) is 10.9. The van der Waals surface area contributed by atoms with E-state index in [1.807, 2.05) is 29.6 Å². The second-order valence-electron chi connectivity index (χ2n) is 6.07. The molecule has 0 aliphatic heterocycles. The molecule has 154 valence electrons. The molecule has 30 heavy (non-hydrogen) atoms. The number of anilines is 1. The highest BCUT2D eigenvalue weighted by Gasteiger charge is 2.22. The number of nitrogens with one attached hydrogen (secondary N) is 1. The average Bonchev–Trinajstić information content (AvgIpc) is 3.11. The number of halogens is 3. The average molecular weight is 525 g/mol. The van der Waals surface area contributed by atoms with Crippen molar-refractivity contribution in [3.05, 3.63) is 79.6 Å². The van der Waals surface area contributed by atoms with Crippen LogP contribution in [0.2, 0.25) is 10.0 Å². The summed E-state index contributed by atoms with van der Waals surface area (Å²) in [5, 5.41) is 5.96. The van der Waals surface area contributed by atoms with E-state index in [2.05, 4.69) is 21.2 Å². The maximum Gasteiger partial charge on any atom is 0.341 e. The molecule has 1 amide bonds. The van der Waals surface area contributed by atoms with Crippen LogP contribution in [0.25, 0.3) is 17.2 Å². The quantitative estimate of drug-likeness (QED) is 0.271. The van der Waals surface area contributed by atoms with Crippen molar-refractivity contribution in [2.75, 3.05) is 11.9 Å². The summed E-state index contributed by atoms with van der Waals surface area (Å²) >= 11 is 16.7. The Kier molecular flexibility index (Phi) is 7.72. The summed E-state index contributed by atoms with van der Waals surface area (Å²) in [6, 6.07) is 12.6. The van der Waals surface area contributed by atoms with Crippen LogP contribution in [0.1, 0.15) is 22.8 Å². The lowest BCUT2D eigenvalue weighted by atomic mass is 10.0. The van der Waals surface area contributed by atoms with E-state index in [0.717, 1.165) is 10.0 Å². The van der Waals surface area contributed by atoms with Gasteiger partial charge >= 0.3 is 5.97 Å². The first kappa shape index (κ1) is 22.6. The summed E-state index contributed by atoms with van der Waals surface area (Å²) in [5.74, 6) is -0.882. The lowest BCUT2D eigenvalue weighted by Crippen LogP contribution is -2.12. The molecule has 1 heterocycles. The summed E-state index contributed by atoms with van der Waals surface area (Å²) in [4.78, 5) is 25.1. The van der Waals surface area contributed by atoms with Crippen molar-refractivity contribution in [3.63, 3.8) is 0 Å². The minimum atomic E-state index is -0.489. The van der Waals surface area contributed by atoms with Gasteiger partial charge in [0, 0.05) is 31.5 Å². The third-order valence-electron chi connectivity index (χ3n) is 4.04. The van der Waals surface area contributed by atoms with Crippen molar-refractivity contribution < 1.29 is 14.3 Å². The number of hydrogen-bond donors (Lipinski definition) is 1. The Balaban J connectivity index is 1.87. The standard InChI is InChI=1S/C22H16BrCl2NO3S/c1-2-29-22(28)20-17(13-3-7-15(23)8-4-13)12-30-21(20)26-19(27)10-6-14-5-9-16(24)11-18(14)25/h3-12H,2H2,1H3,(H,26,27)/b10-6+. The van der Waals surface area contributed by atoms with Crippen LogP contribution in [0.4, 0.5) is 5.00 Å². The second kappa shape index (κ2) is 10.3. The summed E-state index contributed by atoms with van der Waals surface area (Å²) in [6.07, 6.45) is 2.93. The molecule has 1 aromatic heterocycles. The van der Waals surface area contributed by atoms with Gasteiger partial charge in [-0.3, -0.25) is 4.79 Å². The fraction of sp³-hybridized carbons (Fsp3) is 0.0909. The molecule has 3 aromatic rings. The van der Waals surface area contributed by atoms with Crippen LogP contribution in [0.5, 0.6) is 0 Å². The number of hydrogen-bond acceptors (Lipinski definition) is 4. The Hall–Kier alpha value is -2.12. The highest BCUT2D eigenvalue weighted by molar-refractivity contribution is 9.10. The fourth-order valence-corrected chi connectivity index (χ4v) is 4.35. The van der Waals surface area contributed by atoms with Gasteiger partial charge in [0.2, 0.25) is 5.91 Å². The van der Waals surface area contributed by atoms with Gasteiger partial charge in [-0.1, -0.05) is 57.3 Å². The Bertz CT molecular complexity index is 1110. The number of thiophene rings is 1. The van der Waals surface area contributed by atoms with Gasteiger partial charge in [-0.2, -0.15) is 0 Å². The van der Waals surface area contributed by atoms with E-state index in [9.17, 15) is 9.59 Å². The van der Waals surface area contributed by atoms with E-state index in [-0.39, 0.29) is 6.61 Å². The third kappa shape index (κ3) is 5.52. The van der Waals surface area contributed by atoms with Gasteiger partial charge < -0.3 is 10.1 Å². The van der Waals surface area contributed by atoms with Crippen LogP contribution in [-0.2, 0) is 9.53 Å². The predicted octanol–water partition coefficient (Wildman–Crippen LogP) is 7.31. The Morgan fingerprint density at radius 2 is 1.90 bits per heavy atom. The number of amides is 1. The summed E-state index contributed by atoms with van der Waals surface area (Å²) in [7, 11) is 0. The molecule has 0 bridgehead atoms. The molecule has 0 radical (unpaired) electrons. The van der Waals surface area contributed by atoms with E-state index in [1.54, 1.807) is 31.2 Å². The molecule has 0 aliphatic carbocycles. The van der Waals surface area contributed by atoms with E-state index >= 15 is 0 Å². The molecular formula is C22H16BrCl2NO3S. The lowest BCUT2D eigenvalue weighted by Gasteiger charge is -2.08. The first-order valence-electron chi connectivity index (χ1n) is 8.87. The Labute approximate surface area is 196 Å². The minimum absolute atomic E-state index is 0.233. The van der Waals surface area contributed by atoms with Crippen LogP contribution >= 0.6 is 50.5 Å². The first-order chi connectivity index (χ1) is 14.4. The topological polar surface area (TPSA) is 55.4 Å². The van der Waals surface area contributed by atoms with E-state index in [0.29, 0.717) is 31.7 Å². The number of rotatable bonds is 6. The zero-order valence-electron chi connectivity index (χ0n) is 15.7. The smallest absolute Gasteiger partial charge is 0.341 e. The SMILES string of the molecule is CCOC(=O)c1c(-c2ccc(Br)cc2)csc1NC(=O)/C=C/c1ccc(Cl)cc1Cl. The van der Waals surface area contributed by atoms with Crippen LogP contribution in [0.3, 0.4) is 0 Å². The molecule has 0 spiro atoms. The summed E-state index contributed by atoms with van der Waals surface area (Å²) < 4.78 is 6.14. The van der Waals surface area contributed by atoms with Crippen molar-refractivity contribution in [1.29, 1.82) is 0 Å². The van der Waals surface area contributed by atoms with Gasteiger partial charge in [-0.15, -0.1) is 11.3 Å². The second-order valence-corrected chi connectivity index (χ2v) is 8.71. The molecule has 0 aliphatic rings. The molecule has 0 unspecified atom stereocenters. The maximum absolute atomic E-state index is 12.6. The van der Waals surface area contributed by atoms with Gasteiger partial charge in [0.05, 0.1) is 6.61 Å². The van der Waals surface area contributed by atoms with Crippen LogP contribution in [0.15, 0.2) is 58.4 Å². The molecule has 3 rings (SSSR count). The Morgan fingerprint density at radius 1 is 1.17 bits per heavy atom. The van der Waals surface area contributed by atoms with Crippen molar-refractivity contribution >= 4 is 73.4 Å². The monoisotopic (exact) mass is 523 g/mol. The number of esters is 1. The summed E-state index contributed by atoms with van der Waals surface area (Å²) in [6.45, 7) is 1.97. The van der Waals surface area contributed by atoms with Crippen LogP contribution < -0.4 is 5.32 Å². The number of carbonyl (C=O) groups is 2. The van der Waals surface area contributed by atoms with E-state index < -0.39 is 11.9 Å². The molecule has 8 heteroatoms. The lowest BCUT2D eigenvalue weighted by molar-refractivity contribution is -0.111. The van der Waals surface area contributed by atoms with Crippen molar-refractivity contribution in [3.8, 4) is 11.1 Å². The molecule has 4 nitrogen and oxygen atoms in total. The molecule has 2 aromatic carbocycles. The van der Waals surface area contributed by atoms with Gasteiger partial charge in [-0.25, -0.2) is 4.79 Å². The highest BCUT2D eigenvalue weighted by Crippen LogP contribution is 2.36. The number of benzene rings is 2. The summed E-state index contributed by atoms with van der Waals surface area (Å²) in [5.41, 5.74) is 2.53. The van der Waals surface area contributed by atoms with Crippen LogP contribution in [-0.4, -0.2) is 18.5 Å². The molecular weight excluding hydrogens is 509 g/mol. The highest BCUT2D eigenvalue weighted by atomic mass is 79.9. The maximum atomic E-state index is 12.6. The zero-order valence-corrected chi connectivity index (χ0v) is 19.7. The molecule has 0 atom stereocenters. The minimum Gasteiger partial charge on any atom is -0.462 e. The molecule has 0 saturated carbocycles. The van der Waals surface area contributed by atoms with Crippen molar-refractivity contribution in [2.24, 2.45) is 0 Å². The van der Waals surface area contributed by atoms with Gasteiger partial charge in [-0.05, 0) is 48.4 Å². The predicted molar refractivity (Wildman–Crippen MR) is 128 cm³/mol. The first-order valence-corrected chi connectivity index (χ1v) is 11.3. The largest absolute Gasteiger partial charge is 0.462 e. The number of carbonyl (C=O) groups excluding carboxylic acids is 2. The van der Waals surface area contributed by atoms with E-state index in [4.69, 9.17) is 27.9 Å². The van der Waals surface area contributed by atoms with Crippen molar-refractivity contribution in [2.45, 2.75) is 6.92 Å². The number of ether oxygens (including phenoxy) is 1. The van der Waals surface area contributed by atoms with Crippen LogP contribution in [0, 0.1) is 0 Å². The van der Waals surface area contributed by atoms with Gasteiger partial charge in [0.15, 0.2) is 0 Å². The van der Waals surface area contributed by atoms with Gasteiger partial charge in [0.1, 0.15) is 10.6 Å². The van der Waals surface area contributed by atoms with E-state index in [1.165, 1.54) is 17.4 Å². The van der Waals surface area contributed by atoms with Crippen molar-refractivity contribution in [1.82, 2.24) is 0 Å². The third-order valence-corrected chi connectivity index (χ3v) is 6.03.